The second-order valence-corrected chi connectivity index (χ2v) is 7.52. The molecule has 1 saturated carbocycles. The lowest BCUT2D eigenvalue weighted by Crippen LogP contribution is -2.58. The first-order valence-electron chi connectivity index (χ1n) is 10.0. The fraction of sp³-hybridized carbons (Fsp3) is 0.320. The van der Waals surface area contributed by atoms with Gasteiger partial charge < -0.3 is 9.47 Å². The molecule has 4 rings (SSSR count). The molecule has 2 aliphatic carbocycles. The van der Waals surface area contributed by atoms with Gasteiger partial charge in [0.25, 0.3) is 0 Å². The number of esters is 1. The van der Waals surface area contributed by atoms with Gasteiger partial charge in [-0.1, -0.05) is 68.6 Å². The first-order valence-corrected chi connectivity index (χ1v) is 10.0. The molecule has 6 heteroatoms. The number of carbonyl (C=O) groups is 3. The molecule has 162 valence electrons. The fourth-order valence-electron chi connectivity index (χ4n) is 4.33. The zero-order chi connectivity index (χ0) is 21.1. The van der Waals surface area contributed by atoms with E-state index in [1.54, 1.807) is 0 Å². The van der Waals surface area contributed by atoms with E-state index < -0.39 is 17.6 Å². The van der Waals surface area contributed by atoms with E-state index in [-0.39, 0.29) is 45.2 Å². The molecule has 2 aromatic rings. The van der Waals surface area contributed by atoms with Crippen LogP contribution in [0.5, 0.6) is 0 Å². The fourth-order valence-corrected chi connectivity index (χ4v) is 4.33. The third-order valence-electron chi connectivity index (χ3n) is 5.77. The zero-order valence-electron chi connectivity index (χ0n) is 16.6. The van der Waals surface area contributed by atoms with Crippen molar-refractivity contribution in [3.8, 4) is 11.1 Å². The first-order chi connectivity index (χ1) is 14.6. The highest BCUT2D eigenvalue weighted by Crippen LogP contribution is 2.44. The van der Waals surface area contributed by atoms with Gasteiger partial charge in [-0.15, -0.1) is 0 Å². The Labute approximate surface area is 182 Å². The van der Waals surface area contributed by atoms with Gasteiger partial charge in [-0.3, -0.25) is 10.1 Å². The predicted octanol–water partition coefficient (Wildman–Crippen LogP) is 4.38. The largest absolute Gasteiger partial charge is 0.459 e. The number of benzene rings is 2. The van der Waals surface area contributed by atoms with E-state index in [1.165, 1.54) is 6.08 Å². The minimum Gasteiger partial charge on any atom is -0.459 e. The van der Waals surface area contributed by atoms with E-state index >= 15 is 0 Å². The van der Waals surface area contributed by atoms with Crippen LogP contribution in [0.25, 0.3) is 11.1 Å². The van der Waals surface area contributed by atoms with Gasteiger partial charge in [0.1, 0.15) is 13.2 Å². The number of fused-ring (bicyclic) bond motifs is 3. The van der Waals surface area contributed by atoms with E-state index in [2.05, 4.69) is 24.0 Å². The van der Waals surface area contributed by atoms with Gasteiger partial charge in [0.05, 0.1) is 0 Å². The Bertz CT molecular complexity index is 969. The number of ketones is 1. The van der Waals surface area contributed by atoms with Crippen molar-refractivity contribution in [3.05, 3.63) is 72.3 Å². The maximum atomic E-state index is 12.6. The van der Waals surface area contributed by atoms with Gasteiger partial charge >= 0.3 is 12.1 Å². The predicted molar refractivity (Wildman–Crippen MR) is 118 cm³/mol. The number of hydrogen-bond donors (Lipinski definition) is 1. The van der Waals surface area contributed by atoms with Crippen LogP contribution in [0.15, 0.2) is 61.2 Å². The van der Waals surface area contributed by atoms with Crippen molar-refractivity contribution in [1.82, 2.24) is 5.32 Å². The van der Waals surface area contributed by atoms with E-state index in [4.69, 9.17) is 9.47 Å². The van der Waals surface area contributed by atoms with Crippen LogP contribution in [-0.4, -0.2) is 36.6 Å². The van der Waals surface area contributed by atoms with Gasteiger partial charge in [-0.05, 0) is 35.1 Å². The average Bonchev–Trinajstić information content (AvgIpc) is 3.29. The molecule has 1 fully saturated rings. The maximum absolute atomic E-state index is 12.6. The Morgan fingerprint density at radius 1 is 1.06 bits per heavy atom. The molecule has 1 amide bonds. The van der Waals surface area contributed by atoms with Crippen LogP contribution in [0.2, 0.25) is 0 Å². The number of nitrogens with one attached hydrogen (secondary N) is 1. The lowest BCUT2D eigenvalue weighted by molar-refractivity contribution is -0.153. The summed E-state index contributed by atoms with van der Waals surface area (Å²) in [6.45, 7) is 3.57. The monoisotopic (exact) mass is 421 g/mol. The summed E-state index contributed by atoms with van der Waals surface area (Å²) in [5.74, 6) is -1.23. The van der Waals surface area contributed by atoms with Crippen LogP contribution < -0.4 is 5.32 Å². The number of ether oxygens (including phenoxy) is 2. The van der Waals surface area contributed by atoms with E-state index in [0.717, 1.165) is 22.3 Å². The quantitative estimate of drug-likeness (QED) is 0.425. The molecule has 0 bridgehead atoms. The number of Topliss-reactive ketones (excluding diaryl/α,β-unsaturated/α-hetero) is 1. The van der Waals surface area contributed by atoms with E-state index in [0.29, 0.717) is 6.42 Å². The minimum absolute atomic E-state index is 0. The highest BCUT2D eigenvalue weighted by molar-refractivity contribution is 6.11. The Balaban J connectivity index is 0.00000272. The highest BCUT2D eigenvalue weighted by atomic mass is 16.6. The summed E-state index contributed by atoms with van der Waals surface area (Å²) in [6, 6.07) is 16.0. The lowest BCUT2D eigenvalue weighted by atomic mass is 9.97. The van der Waals surface area contributed by atoms with Crippen molar-refractivity contribution in [2.45, 2.75) is 38.1 Å². The molecule has 0 unspecified atom stereocenters. The van der Waals surface area contributed by atoms with E-state index in [9.17, 15) is 14.4 Å². The van der Waals surface area contributed by atoms with Gasteiger partial charge in [0.2, 0.25) is 0 Å². The molecule has 2 aromatic carbocycles. The molecule has 0 aromatic heterocycles. The molecular weight excluding hydrogens is 394 g/mol. The van der Waals surface area contributed by atoms with Crippen molar-refractivity contribution < 1.29 is 23.9 Å². The number of hydrogen-bond acceptors (Lipinski definition) is 5. The molecule has 0 heterocycles. The molecular formula is C25H27NO5. The van der Waals surface area contributed by atoms with Crippen molar-refractivity contribution in [2.75, 3.05) is 13.2 Å². The van der Waals surface area contributed by atoms with Crippen LogP contribution in [0.4, 0.5) is 4.79 Å². The highest BCUT2D eigenvalue weighted by Gasteiger charge is 2.51. The molecule has 0 spiro atoms. The summed E-state index contributed by atoms with van der Waals surface area (Å²) < 4.78 is 10.6. The maximum Gasteiger partial charge on any atom is 0.408 e. The Hall–Kier alpha value is -3.41. The molecule has 31 heavy (non-hydrogen) atoms. The van der Waals surface area contributed by atoms with Crippen LogP contribution in [0.1, 0.15) is 43.7 Å². The first kappa shape index (κ1) is 22.3. The van der Waals surface area contributed by atoms with Crippen molar-refractivity contribution >= 4 is 17.8 Å². The third kappa shape index (κ3) is 3.98. The summed E-state index contributed by atoms with van der Waals surface area (Å²) in [4.78, 5) is 37.5. The summed E-state index contributed by atoms with van der Waals surface area (Å²) in [6.07, 6.45) is 1.53. The van der Waals surface area contributed by atoms with E-state index in [1.807, 2.05) is 36.4 Å². The number of amides is 1. The molecule has 2 aliphatic rings. The second-order valence-electron chi connectivity index (χ2n) is 7.52. The Kier molecular flexibility index (Phi) is 6.59. The van der Waals surface area contributed by atoms with Crippen molar-refractivity contribution in [2.24, 2.45) is 0 Å². The number of alkyl carbamates (subject to hydrolysis) is 1. The molecule has 6 nitrogen and oxygen atoms in total. The van der Waals surface area contributed by atoms with Crippen LogP contribution in [-0.2, 0) is 19.1 Å². The smallest absolute Gasteiger partial charge is 0.408 e. The third-order valence-corrected chi connectivity index (χ3v) is 5.77. The normalized spacial score (nSPS) is 19.0. The summed E-state index contributed by atoms with van der Waals surface area (Å²) in [5, 5.41) is 2.50. The molecule has 1 atom stereocenters. The topological polar surface area (TPSA) is 81.7 Å². The van der Waals surface area contributed by atoms with Gasteiger partial charge in [0, 0.05) is 12.3 Å². The summed E-state index contributed by atoms with van der Waals surface area (Å²) in [5.41, 5.74) is 2.74. The minimum atomic E-state index is -1.68. The van der Waals surface area contributed by atoms with Gasteiger partial charge in [-0.25, -0.2) is 9.59 Å². The SMILES string of the molecule is C.C=CCOC(=O)[C@@]1(NC(=O)OCC2c3ccccc3-c3ccccc32)CCCC1=O. The Morgan fingerprint density at radius 3 is 2.23 bits per heavy atom. The van der Waals surface area contributed by atoms with Crippen molar-refractivity contribution in [1.29, 1.82) is 0 Å². The van der Waals surface area contributed by atoms with Crippen LogP contribution in [0, 0.1) is 0 Å². The second kappa shape index (κ2) is 9.16. The van der Waals surface area contributed by atoms with Crippen LogP contribution in [0.3, 0.4) is 0 Å². The van der Waals surface area contributed by atoms with Gasteiger partial charge in [-0.2, -0.15) is 0 Å². The summed E-state index contributed by atoms with van der Waals surface area (Å²) in [7, 11) is 0. The van der Waals surface area contributed by atoms with Crippen molar-refractivity contribution in [3.63, 3.8) is 0 Å². The lowest BCUT2D eigenvalue weighted by Gasteiger charge is -2.26. The van der Waals surface area contributed by atoms with Crippen LogP contribution >= 0.6 is 0 Å². The average molecular weight is 421 g/mol. The molecule has 0 radical (unpaired) electrons. The molecule has 0 saturated heterocycles. The number of rotatable bonds is 6. The Morgan fingerprint density at radius 2 is 1.68 bits per heavy atom. The molecule has 0 aliphatic heterocycles. The summed E-state index contributed by atoms with van der Waals surface area (Å²) >= 11 is 0. The number of carbonyl (C=O) groups excluding carboxylic acids is 3. The standard InChI is InChI=1S/C24H23NO5.CH4/c1-2-14-29-22(27)24(13-7-12-21(24)26)25-23(28)30-15-20-18-10-5-3-8-16(18)17-9-4-6-11-19(17)20;/h2-6,8-11,20H,1,7,12-15H2,(H,25,28);1H4/t24-;/m1./s1. The molecule has 1 N–H and O–H groups in total. The van der Waals surface area contributed by atoms with Gasteiger partial charge in [0.15, 0.2) is 11.3 Å². The zero-order valence-corrected chi connectivity index (χ0v) is 16.6.